The van der Waals surface area contributed by atoms with Crippen LogP contribution in [0.3, 0.4) is 0 Å². The van der Waals surface area contributed by atoms with Gasteiger partial charge in [-0.15, -0.1) is 0 Å². The second-order valence-electron chi connectivity index (χ2n) is 6.16. The minimum absolute atomic E-state index is 0.108. The summed E-state index contributed by atoms with van der Waals surface area (Å²) >= 11 is 0. The number of hydrogen-bond donors (Lipinski definition) is 0. The van der Waals surface area contributed by atoms with Gasteiger partial charge >= 0.3 is 0 Å². The van der Waals surface area contributed by atoms with Crippen molar-refractivity contribution in [1.29, 1.82) is 0 Å². The van der Waals surface area contributed by atoms with Gasteiger partial charge in [0.15, 0.2) is 11.5 Å². The average Bonchev–Trinajstić information content (AvgIpc) is 3.02. The van der Waals surface area contributed by atoms with Gasteiger partial charge in [-0.25, -0.2) is 0 Å². The van der Waals surface area contributed by atoms with Gasteiger partial charge in [0.2, 0.25) is 12.7 Å². The summed E-state index contributed by atoms with van der Waals surface area (Å²) in [6.45, 7) is 4.81. The highest BCUT2D eigenvalue weighted by molar-refractivity contribution is 5.81. The van der Waals surface area contributed by atoms with Gasteiger partial charge in [0, 0.05) is 19.6 Å². The van der Waals surface area contributed by atoms with E-state index in [-0.39, 0.29) is 11.9 Å². The lowest BCUT2D eigenvalue weighted by atomic mass is 10.1. The fourth-order valence-corrected chi connectivity index (χ4v) is 3.03. The van der Waals surface area contributed by atoms with Crippen molar-refractivity contribution in [2.24, 2.45) is 0 Å². The molecule has 0 aromatic heterocycles. The Labute approximate surface area is 131 Å². The van der Waals surface area contributed by atoms with Crippen molar-refractivity contribution in [2.75, 3.05) is 26.9 Å². The van der Waals surface area contributed by atoms with Crippen LogP contribution >= 0.6 is 0 Å². The molecule has 0 spiro atoms. The molecule has 0 saturated carbocycles. The number of likely N-dealkylation sites (N-methyl/N-ethyl adjacent to an activating group) is 1. The van der Waals surface area contributed by atoms with Crippen molar-refractivity contribution in [3.8, 4) is 11.5 Å². The number of benzene rings is 1. The largest absolute Gasteiger partial charge is 0.454 e. The van der Waals surface area contributed by atoms with Crippen LogP contribution in [0.1, 0.15) is 31.7 Å². The van der Waals surface area contributed by atoms with Gasteiger partial charge in [0.1, 0.15) is 0 Å². The Morgan fingerprint density at radius 1 is 1.23 bits per heavy atom. The predicted molar refractivity (Wildman–Crippen MR) is 83.9 cm³/mol. The zero-order valence-electron chi connectivity index (χ0n) is 13.4. The summed E-state index contributed by atoms with van der Waals surface area (Å²) < 4.78 is 10.7. The summed E-state index contributed by atoms with van der Waals surface area (Å²) in [5.41, 5.74) is 1.13. The molecule has 5 nitrogen and oxygen atoms in total. The monoisotopic (exact) mass is 304 g/mol. The quantitative estimate of drug-likeness (QED) is 0.855. The Morgan fingerprint density at radius 2 is 1.95 bits per heavy atom. The van der Waals surface area contributed by atoms with E-state index in [0.29, 0.717) is 6.79 Å². The zero-order valence-corrected chi connectivity index (χ0v) is 13.4. The first-order valence-electron chi connectivity index (χ1n) is 8.03. The Kier molecular flexibility index (Phi) is 4.52. The van der Waals surface area contributed by atoms with E-state index in [1.54, 1.807) is 0 Å². The highest BCUT2D eigenvalue weighted by atomic mass is 16.7. The van der Waals surface area contributed by atoms with E-state index in [1.165, 1.54) is 6.42 Å². The molecular weight excluding hydrogens is 280 g/mol. The fourth-order valence-electron chi connectivity index (χ4n) is 3.03. The number of piperidine rings is 1. The number of hydrogen-bond acceptors (Lipinski definition) is 4. The van der Waals surface area contributed by atoms with Crippen molar-refractivity contribution >= 4 is 5.91 Å². The molecular formula is C17H24N2O3. The third kappa shape index (κ3) is 3.19. The maximum atomic E-state index is 12.6. The van der Waals surface area contributed by atoms with Crippen molar-refractivity contribution < 1.29 is 14.3 Å². The van der Waals surface area contributed by atoms with Crippen LogP contribution in [-0.4, -0.2) is 48.7 Å². The predicted octanol–water partition coefficient (Wildman–Crippen LogP) is 2.25. The van der Waals surface area contributed by atoms with E-state index >= 15 is 0 Å². The van der Waals surface area contributed by atoms with Gasteiger partial charge in [-0.1, -0.05) is 6.07 Å². The number of likely N-dealkylation sites (tertiary alicyclic amines) is 1. The van der Waals surface area contributed by atoms with E-state index in [4.69, 9.17) is 9.47 Å². The zero-order chi connectivity index (χ0) is 15.5. The summed E-state index contributed by atoms with van der Waals surface area (Å²) in [6, 6.07) is 5.85. The topological polar surface area (TPSA) is 42.0 Å². The molecule has 0 bridgehead atoms. The summed E-state index contributed by atoms with van der Waals surface area (Å²) in [7, 11) is 2.00. The number of carbonyl (C=O) groups excluding carboxylic acids is 1. The Morgan fingerprint density at radius 3 is 2.73 bits per heavy atom. The number of ether oxygens (including phenoxy) is 2. The van der Waals surface area contributed by atoms with Crippen molar-refractivity contribution in [1.82, 2.24) is 9.80 Å². The SMILES string of the molecule is CC(C(=O)N1CCCCC1)N(C)Cc1ccc2c(c1)OCO2. The maximum absolute atomic E-state index is 12.6. The molecule has 1 amide bonds. The van der Waals surface area contributed by atoms with Crippen LogP contribution in [0.5, 0.6) is 11.5 Å². The maximum Gasteiger partial charge on any atom is 0.239 e. The molecule has 2 aliphatic rings. The molecule has 1 unspecified atom stereocenters. The molecule has 5 heteroatoms. The van der Waals surface area contributed by atoms with Gasteiger partial charge < -0.3 is 14.4 Å². The highest BCUT2D eigenvalue weighted by Crippen LogP contribution is 2.32. The third-order valence-electron chi connectivity index (χ3n) is 4.56. The molecule has 0 aliphatic carbocycles. The van der Waals surface area contributed by atoms with Crippen LogP contribution in [0.2, 0.25) is 0 Å². The number of nitrogens with zero attached hydrogens (tertiary/aromatic N) is 2. The van der Waals surface area contributed by atoms with E-state index in [0.717, 1.165) is 49.5 Å². The normalized spacial score (nSPS) is 18.6. The number of amides is 1. The molecule has 3 rings (SSSR count). The molecule has 1 atom stereocenters. The lowest BCUT2D eigenvalue weighted by molar-refractivity contribution is -0.137. The average molecular weight is 304 g/mol. The van der Waals surface area contributed by atoms with E-state index in [9.17, 15) is 4.79 Å². The highest BCUT2D eigenvalue weighted by Gasteiger charge is 2.25. The summed E-state index contributed by atoms with van der Waals surface area (Å²) in [6.07, 6.45) is 3.50. The summed E-state index contributed by atoms with van der Waals surface area (Å²) in [4.78, 5) is 16.7. The molecule has 1 saturated heterocycles. The van der Waals surface area contributed by atoms with Gasteiger partial charge in [-0.2, -0.15) is 0 Å². The van der Waals surface area contributed by atoms with Crippen LogP contribution in [-0.2, 0) is 11.3 Å². The minimum atomic E-state index is -0.108. The van der Waals surface area contributed by atoms with Crippen LogP contribution in [0, 0.1) is 0 Å². The van der Waals surface area contributed by atoms with E-state index < -0.39 is 0 Å². The van der Waals surface area contributed by atoms with Crippen molar-refractivity contribution in [3.63, 3.8) is 0 Å². The second-order valence-corrected chi connectivity index (χ2v) is 6.16. The molecule has 1 fully saturated rings. The van der Waals surface area contributed by atoms with Crippen LogP contribution < -0.4 is 9.47 Å². The molecule has 0 radical (unpaired) electrons. The molecule has 1 aromatic carbocycles. The van der Waals surface area contributed by atoms with E-state index in [1.807, 2.05) is 37.1 Å². The van der Waals surface area contributed by atoms with E-state index in [2.05, 4.69) is 4.90 Å². The third-order valence-corrected chi connectivity index (χ3v) is 4.56. The summed E-state index contributed by atoms with van der Waals surface area (Å²) in [5, 5.41) is 0. The van der Waals surface area contributed by atoms with Gasteiger partial charge in [-0.3, -0.25) is 9.69 Å². The van der Waals surface area contributed by atoms with Gasteiger partial charge in [0.25, 0.3) is 0 Å². The minimum Gasteiger partial charge on any atom is -0.454 e. The lowest BCUT2D eigenvalue weighted by Gasteiger charge is -2.32. The lowest BCUT2D eigenvalue weighted by Crippen LogP contribution is -2.47. The molecule has 0 N–H and O–H groups in total. The molecule has 120 valence electrons. The number of rotatable bonds is 4. The molecule has 1 aromatic rings. The Bertz CT molecular complexity index is 541. The van der Waals surface area contributed by atoms with Crippen LogP contribution in [0.4, 0.5) is 0 Å². The first-order chi connectivity index (χ1) is 10.6. The fraction of sp³-hybridized carbons (Fsp3) is 0.588. The standard InChI is InChI=1S/C17H24N2O3/c1-13(17(20)19-8-4-3-5-9-19)18(2)11-14-6-7-15-16(10-14)22-12-21-15/h6-7,10,13H,3-5,8-9,11-12H2,1-2H3. The molecule has 2 aliphatic heterocycles. The first-order valence-corrected chi connectivity index (χ1v) is 8.03. The van der Waals surface area contributed by atoms with Gasteiger partial charge in [-0.05, 0) is 50.9 Å². The van der Waals surface area contributed by atoms with Crippen molar-refractivity contribution in [3.05, 3.63) is 23.8 Å². The van der Waals surface area contributed by atoms with Crippen LogP contribution in [0.15, 0.2) is 18.2 Å². The van der Waals surface area contributed by atoms with Crippen molar-refractivity contribution in [2.45, 2.75) is 38.8 Å². The Balaban J connectivity index is 1.60. The molecule has 22 heavy (non-hydrogen) atoms. The smallest absolute Gasteiger partial charge is 0.239 e. The Hall–Kier alpha value is -1.75. The number of carbonyl (C=O) groups is 1. The van der Waals surface area contributed by atoms with Gasteiger partial charge in [0.05, 0.1) is 6.04 Å². The first kappa shape index (κ1) is 15.2. The second kappa shape index (κ2) is 6.57. The van der Waals surface area contributed by atoms with Crippen LogP contribution in [0.25, 0.3) is 0 Å². The summed E-state index contributed by atoms with van der Waals surface area (Å²) in [5.74, 6) is 1.83. The number of fused-ring (bicyclic) bond motifs is 1. The molecule has 2 heterocycles.